The summed E-state index contributed by atoms with van der Waals surface area (Å²) >= 11 is 0. The molecule has 0 atom stereocenters. The first kappa shape index (κ1) is 13.1. The Labute approximate surface area is 102 Å². The van der Waals surface area contributed by atoms with E-state index in [0.29, 0.717) is 18.6 Å². The number of hydrogen-bond acceptors (Lipinski definition) is 2. The summed E-state index contributed by atoms with van der Waals surface area (Å²) in [5.41, 5.74) is -1.29. The summed E-state index contributed by atoms with van der Waals surface area (Å²) in [4.78, 5) is 0. The standard InChI is InChI=1S/C12H13F4NO/c13-11-2-1-9(5-10(11)12(14,15)16)18-4-3-8-6-17-7-8/h1-2,5,8,17H,3-4,6-7H2. The number of halogens is 4. The van der Waals surface area contributed by atoms with Gasteiger partial charge in [-0.15, -0.1) is 0 Å². The molecule has 2 rings (SSSR count). The van der Waals surface area contributed by atoms with Crippen molar-refractivity contribution >= 4 is 0 Å². The van der Waals surface area contributed by atoms with E-state index in [4.69, 9.17) is 4.74 Å². The van der Waals surface area contributed by atoms with Gasteiger partial charge in [-0.3, -0.25) is 0 Å². The van der Waals surface area contributed by atoms with Crippen molar-refractivity contribution in [2.45, 2.75) is 12.6 Å². The highest BCUT2D eigenvalue weighted by Crippen LogP contribution is 2.33. The summed E-state index contributed by atoms with van der Waals surface area (Å²) in [6.45, 7) is 2.18. The zero-order chi connectivity index (χ0) is 13.2. The first-order valence-electron chi connectivity index (χ1n) is 5.67. The molecule has 0 aromatic heterocycles. The molecule has 1 aliphatic rings. The second kappa shape index (κ2) is 5.14. The second-order valence-corrected chi connectivity index (χ2v) is 4.30. The first-order valence-corrected chi connectivity index (χ1v) is 5.67. The molecule has 1 aliphatic heterocycles. The minimum absolute atomic E-state index is 0.0519. The Kier molecular flexibility index (Phi) is 3.75. The molecule has 0 unspecified atom stereocenters. The molecular weight excluding hydrogens is 250 g/mol. The van der Waals surface area contributed by atoms with Gasteiger partial charge in [0.05, 0.1) is 12.2 Å². The first-order chi connectivity index (χ1) is 8.47. The average molecular weight is 263 g/mol. The molecule has 1 N–H and O–H groups in total. The van der Waals surface area contributed by atoms with Gasteiger partial charge in [0.2, 0.25) is 0 Å². The Morgan fingerprint density at radius 3 is 2.56 bits per heavy atom. The topological polar surface area (TPSA) is 21.3 Å². The number of alkyl halides is 3. The highest BCUT2D eigenvalue weighted by atomic mass is 19.4. The third-order valence-electron chi connectivity index (χ3n) is 2.90. The van der Waals surface area contributed by atoms with Crippen LogP contribution in [0.1, 0.15) is 12.0 Å². The molecule has 18 heavy (non-hydrogen) atoms. The zero-order valence-corrected chi connectivity index (χ0v) is 9.56. The molecule has 0 radical (unpaired) electrons. The van der Waals surface area contributed by atoms with E-state index in [0.717, 1.165) is 25.6 Å². The molecule has 0 aliphatic carbocycles. The van der Waals surface area contributed by atoms with Gasteiger partial charge in [-0.1, -0.05) is 0 Å². The van der Waals surface area contributed by atoms with Crippen LogP contribution in [-0.4, -0.2) is 19.7 Å². The molecule has 1 aromatic carbocycles. The van der Waals surface area contributed by atoms with Gasteiger partial charge in [-0.2, -0.15) is 13.2 Å². The average Bonchev–Trinajstić information content (AvgIpc) is 2.22. The van der Waals surface area contributed by atoms with E-state index in [2.05, 4.69) is 5.32 Å². The van der Waals surface area contributed by atoms with Crippen molar-refractivity contribution in [2.24, 2.45) is 5.92 Å². The fraction of sp³-hybridized carbons (Fsp3) is 0.500. The summed E-state index contributed by atoms with van der Waals surface area (Å²) in [5.74, 6) is -0.707. The van der Waals surface area contributed by atoms with Crippen LogP contribution in [0.2, 0.25) is 0 Å². The quantitative estimate of drug-likeness (QED) is 0.843. The van der Waals surface area contributed by atoms with E-state index in [1.807, 2.05) is 0 Å². The molecule has 1 aromatic rings. The van der Waals surface area contributed by atoms with Crippen molar-refractivity contribution in [3.63, 3.8) is 0 Å². The maximum atomic E-state index is 13.0. The van der Waals surface area contributed by atoms with Crippen LogP contribution in [0.5, 0.6) is 5.75 Å². The lowest BCUT2D eigenvalue weighted by atomic mass is 10.0. The normalized spacial score (nSPS) is 16.4. The van der Waals surface area contributed by atoms with E-state index in [1.165, 1.54) is 6.07 Å². The van der Waals surface area contributed by atoms with Gasteiger partial charge in [-0.05, 0) is 43.6 Å². The van der Waals surface area contributed by atoms with Crippen molar-refractivity contribution < 1.29 is 22.3 Å². The predicted molar refractivity (Wildman–Crippen MR) is 57.9 cm³/mol. The van der Waals surface area contributed by atoms with E-state index >= 15 is 0 Å². The Bertz CT molecular complexity index is 415. The van der Waals surface area contributed by atoms with Crippen molar-refractivity contribution in [3.05, 3.63) is 29.6 Å². The molecule has 0 bridgehead atoms. The minimum Gasteiger partial charge on any atom is -0.494 e. The van der Waals surface area contributed by atoms with Gasteiger partial charge in [-0.25, -0.2) is 4.39 Å². The van der Waals surface area contributed by atoms with Gasteiger partial charge < -0.3 is 10.1 Å². The molecule has 100 valence electrons. The van der Waals surface area contributed by atoms with Crippen LogP contribution in [0.4, 0.5) is 17.6 Å². The van der Waals surface area contributed by atoms with Crippen LogP contribution in [-0.2, 0) is 6.18 Å². The fourth-order valence-electron chi connectivity index (χ4n) is 1.71. The number of hydrogen-bond donors (Lipinski definition) is 1. The molecule has 1 saturated heterocycles. The van der Waals surface area contributed by atoms with Gasteiger partial charge in [0.15, 0.2) is 0 Å². The van der Waals surface area contributed by atoms with E-state index in [9.17, 15) is 17.6 Å². The summed E-state index contributed by atoms with van der Waals surface area (Å²) in [6.07, 6.45) is -3.91. The van der Waals surface area contributed by atoms with Crippen molar-refractivity contribution in [3.8, 4) is 5.75 Å². The molecular formula is C12H13F4NO. The van der Waals surface area contributed by atoms with Gasteiger partial charge in [0, 0.05) is 0 Å². The Morgan fingerprint density at radius 1 is 1.28 bits per heavy atom. The van der Waals surface area contributed by atoms with Crippen LogP contribution < -0.4 is 10.1 Å². The number of benzene rings is 1. The summed E-state index contributed by atoms with van der Waals surface area (Å²) in [6, 6.07) is 2.70. The molecule has 1 fully saturated rings. The van der Waals surface area contributed by atoms with Crippen molar-refractivity contribution in [2.75, 3.05) is 19.7 Å². The molecule has 0 saturated carbocycles. The number of rotatable bonds is 4. The minimum atomic E-state index is -4.69. The maximum absolute atomic E-state index is 13.0. The fourth-order valence-corrected chi connectivity index (χ4v) is 1.71. The lowest BCUT2D eigenvalue weighted by Gasteiger charge is -2.26. The Hall–Kier alpha value is -1.30. The molecule has 2 nitrogen and oxygen atoms in total. The van der Waals surface area contributed by atoms with Crippen LogP contribution in [0.3, 0.4) is 0 Å². The second-order valence-electron chi connectivity index (χ2n) is 4.30. The third-order valence-corrected chi connectivity index (χ3v) is 2.90. The molecule has 0 spiro atoms. The zero-order valence-electron chi connectivity index (χ0n) is 9.56. The number of nitrogens with one attached hydrogen (secondary N) is 1. The highest BCUT2D eigenvalue weighted by Gasteiger charge is 2.34. The summed E-state index contributed by atoms with van der Waals surface area (Å²) < 4.78 is 55.5. The van der Waals surface area contributed by atoms with Crippen molar-refractivity contribution in [1.82, 2.24) is 5.32 Å². The van der Waals surface area contributed by atoms with Crippen LogP contribution in [0.15, 0.2) is 18.2 Å². The third kappa shape index (κ3) is 3.13. The van der Waals surface area contributed by atoms with Crippen LogP contribution >= 0.6 is 0 Å². The van der Waals surface area contributed by atoms with E-state index < -0.39 is 17.6 Å². The van der Waals surface area contributed by atoms with Crippen LogP contribution in [0.25, 0.3) is 0 Å². The van der Waals surface area contributed by atoms with E-state index in [-0.39, 0.29) is 5.75 Å². The van der Waals surface area contributed by atoms with Crippen LogP contribution in [0, 0.1) is 11.7 Å². The lowest BCUT2D eigenvalue weighted by molar-refractivity contribution is -0.140. The monoisotopic (exact) mass is 263 g/mol. The smallest absolute Gasteiger partial charge is 0.419 e. The van der Waals surface area contributed by atoms with Crippen molar-refractivity contribution in [1.29, 1.82) is 0 Å². The molecule has 0 amide bonds. The van der Waals surface area contributed by atoms with Gasteiger partial charge in [0.25, 0.3) is 0 Å². The van der Waals surface area contributed by atoms with Gasteiger partial charge in [0.1, 0.15) is 11.6 Å². The predicted octanol–water partition coefficient (Wildman–Crippen LogP) is 2.83. The Balaban J connectivity index is 1.95. The lowest BCUT2D eigenvalue weighted by Crippen LogP contribution is -2.42. The Morgan fingerprint density at radius 2 is 2.00 bits per heavy atom. The maximum Gasteiger partial charge on any atom is 0.419 e. The van der Waals surface area contributed by atoms with Gasteiger partial charge >= 0.3 is 6.18 Å². The molecule has 1 heterocycles. The summed E-state index contributed by atoms with van der Waals surface area (Å²) in [5, 5.41) is 3.09. The number of ether oxygens (including phenoxy) is 1. The SMILES string of the molecule is Fc1ccc(OCCC2CNC2)cc1C(F)(F)F. The molecule has 6 heteroatoms. The van der Waals surface area contributed by atoms with E-state index in [1.54, 1.807) is 0 Å². The largest absolute Gasteiger partial charge is 0.494 e. The highest BCUT2D eigenvalue weighted by molar-refractivity contribution is 5.31. The summed E-state index contributed by atoms with van der Waals surface area (Å²) in [7, 11) is 0.